The van der Waals surface area contributed by atoms with E-state index in [-0.39, 0.29) is 5.82 Å². The van der Waals surface area contributed by atoms with Crippen LogP contribution in [0, 0.1) is 5.82 Å². The van der Waals surface area contributed by atoms with Gasteiger partial charge in [-0.15, -0.1) is 0 Å². The van der Waals surface area contributed by atoms with Crippen molar-refractivity contribution in [1.82, 2.24) is 5.32 Å². The van der Waals surface area contributed by atoms with Crippen LogP contribution in [0.15, 0.2) is 65.1 Å². The van der Waals surface area contributed by atoms with E-state index < -0.39 is 0 Å². The Morgan fingerprint density at radius 1 is 1.00 bits per heavy atom. The lowest BCUT2D eigenvalue weighted by Crippen LogP contribution is -2.17. The minimum absolute atomic E-state index is 0.166. The molecular weight excluding hydrogens is 469 g/mol. The first-order chi connectivity index (χ1) is 14.6. The molecule has 3 aromatic rings. The molecule has 0 aliphatic carbocycles. The van der Waals surface area contributed by atoms with Crippen molar-refractivity contribution in [2.24, 2.45) is 0 Å². The second-order valence-corrected chi connectivity index (χ2v) is 8.00. The minimum Gasteiger partial charge on any atom is -0.490 e. The third-order valence-electron chi connectivity index (χ3n) is 4.56. The van der Waals surface area contributed by atoms with Crippen LogP contribution >= 0.6 is 27.5 Å². The Balaban J connectivity index is 1.63. The van der Waals surface area contributed by atoms with Gasteiger partial charge >= 0.3 is 0 Å². The van der Waals surface area contributed by atoms with E-state index >= 15 is 0 Å². The summed E-state index contributed by atoms with van der Waals surface area (Å²) in [5.74, 6) is 1.15. The molecule has 6 heteroatoms. The monoisotopic (exact) mass is 491 g/mol. The highest BCUT2D eigenvalue weighted by molar-refractivity contribution is 9.10. The summed E-state index contributed by atoms with van der Waals surface area (Å²) in [6.07, 6.45) is 0.630. The lowest BCUT2D eigenvalue weighted by molar-refractivity contribution is 0.267. The number of halogens is 3. The van der Waals surface area contributed by atoms with Gasteiger partial charge in [-0.3, -0.25) is 0 Å². The summed E-state index contributed by atoms with van der Waals surface area (Å²) >= 11 is 9.83. The van der Waals surface area contributed by atoms with Crippen molar-refractivity contribution in [3.05, 3.63) is 92.7 Å². The molecule has 0 bridgehead atoms. The predicted octanol–water partition coefficient (Wildman–Crippen LogP) is 6.55. The highest BCUT2D eigenvalue weighted by Crippen LogP contribution is 2.37. The highest BCUT2D eigenvalue weighted by Gasteiger charge is 2.13. The fourth-order valence-electron chi connectivity index (χ4n) is 3.05. The second kappa shape index (κ2) is 11.3. The first kappa shape index (κ1) is 22.6. The summed E-state index contributed by atoms with van der Waals surface area (Å²) in [5.41, 5.74) is 2.67. The molecule has 0 aromatic heterocycles. The quantitative estimate of drug-likeness (QED) is 0.325. The Bertz CT molecular complexity index is 983. The van der Waals surface area contributed by atoms with Crippen molar-refractivity contribution in [1.29, 1.82) is 0 Å². The molecular formula is C24H24BrClFNO2. The fraction of sp³-hybridized carbons (Fsp3) is 0.250. The Kier molecular flexibility index (Phi) is 8.55. The van der Waals surface area contributed by atoms with Gasteiger partial charge in [0.25, 0.3) is 0 Å². The lowest BCUT2D eigenvalue weighted by atomic mass is 10.1. The minimum atomic E-state index is -0.166. The van der Waals surface area contributed by atoms with Crippen molar-refractivity contribution in [2.75, 3.05) is 13.2 Å². The highest BCUT2D eigenvalue weighted by atomic mass is 79.9. The molecule has 3 rings (SSSR count). The zero-order valence-corrected chi connectivity index (χ0v) is 19.1. The summed E-state index contributed by atoms with van der Waals surface area (Å²) in [4.78, 5) is 0. The molecule has 30 heavy (non-hydrogen) atoms. The van der Waals surface area contributed by atoms with Crippen LogP contribution in [0.2, 0.25) is 5.02 Å². The molecule has 0 aliphatic heterocycles. The second-order valence-electron chi connectivity index (χ2n) is 6.74. The van der Waals surface area contributed by atoms with Gasteiger partial charge in [-0.25, -0.2) is 4.39 Å². The number of hydrogen-bond donors (Lipinski definition) is 1. The third-order valence-corrected chi connectivity index (χ3v) is 5.51. The van der Waals surface area contributed by atoms with Crippen molar-refractivity contribution in [3.63, 3.8) is 0 Å². The van der Waals surface area contributed by atoms with E-state index in [1.807, 2.05) is 55.5 Å². The van der Waals surface area contributed by atoms with Crippen LogP contribution in [-0.2, 0) is 19.6 Å². The molecule has 0 saturated carbocycles. The number of rotatable bonds is 10. The van der Waals surface area contributed by atoms with Gasteiger partial charge in [0, 0.05) is 17.1 Å². The molecule has 0 atom stereocenters. The topological polar surface area (TPSA) is 30.5 Å². The van der Waals surface area contributed by atoms with Gasteiger partial charge in [-0.2, -0.15) is 0 Å². The molecule has 0 amide bonds. The van der Waals surface area contributed by atoms with E-state index in [4.69, 9.17) is 21.1 Å². The summed E-state index contributed by atoms with van der Waals surface area (Å²) in [7, 11) is 0. The predicted molar refractivity (Wildman–Crippen MR) is 123 cm³/mol. The molecule has 0 saturated heterocycles. The molecule has 3 nitrogen and oxygen atoms in total. The van der Waals surface area contributed by atoms with Crippen LogP contribution in [0.1, 0.15) is 23.6 Å². The van der Waals surface area contributed by atoms with E-state index in [9.17, 15) is 4.39 Å². The van der Waals surface area contributed by atoms with Gasteiger partial charge in [-0.1, -0.05) is 48.0 Å². The first-order valence-electron chi connectivity index (χ1n) is 9.84. The molecule has 0 radical (unpaired) electrons. The van der Waals surface area contributed by atoms with Gasteiger partial charge in [0.05, 0.1) is 11.1 Å². The SMILES string of the molecule is CCOc1cc(CNCCc2ccccc2F)cc(Br)c1OCc1ccccc1Cl. The van der Waals surface area contributed by atoms with E-state index in [1.165, 1.54) is 6.07 Å². The smallest absolute Gasteiger partial charge is 0.175 e. The molecule has 0 heterocycles. The van der Waals surface area contributed by atoms with E-state index in [2.05, 4.69) is 21.2 Å². The van der Waals surface area contributed by atoms with Crippen LogP contribution in [0.4, 0.5) is 4.39 Å². The van der Waals surface area contributed by atoms with Crippen molar-refractivity contribution in [2.45, 2.75) is 26.5 Å². The number of nitrogens with one attached hydrogen (secondary N) is 1. The summed E-state index contributed by atoms with van der Waals surface area (Å²) in [6, 6.07) is 18.4. The van der Waals surface area contributed by atoms with Crippen LogP contribution in [0.25, 0.3) is 0 Å². The molecule has 0 fully saturated rings. The largest absolute Gasteiger partial charge is 0.490 e. The van der Waals surface area contributed by atoms with Crippen molar-refractivity contribution < 1.29 is 13.9 Å². The molecule has 0 unspecified atom stereocenters. The lowest BCUT2D eigenvalue weighted by Gasteiger charge is -2.16. The van der Waals surface area contributed by atoms with Crippen LogP contribution < -0.4 is 14.8 Å². The first-order valence-corrected chi connectivity index (χ1v) is 11.0. The Hall–Kier alpha value is -2.08. The van der Waals surface area contributed by atoms with Gasteiger partial charge in [0.15, 0.2) is 11.5 Å². The normalized spacial score (nSPS) is 10.8. The molecule has 1 N–H and O–H groups in total. The maximum absolute atomic E-state index is 13.7. The van der Waals surface area contributed by atoms with E-state index in [1.54, 1.807) is 6.07 Å². The Morgan fingerprint density at radius 3 is 2.47 bits per heavy atom. The van der Waals surface area contributed by atoms with Crippen molar-refractivity contribution in [3.8, 4) is 11.5 Å². The van der Waals surface area contributed by atoms with Crippen molar-refractivity contribution >= 4 is 27.5 Å². The maximum atomic E-state index is 13.7. The molecule has 3 aromatic carbocycles. The van der Waals surface area contributed by atoms with E-state index in [0.717, 1.165) is 15.6 Å². The average Bonchev–Trinajstić information content (AvgIpc) is 2.73. The summed E-state index contributed by atoms with van der Waals surface area (Å²) in [6.45, 7) is 4.12. The maximum Gasteiger partial charge on any atom is 0.175 e. The third kappa shape index (κ3) is 6.21. The summed E-state index contributed by atoms with van der Waals surface area (Å²) in [5, 5.41) is 4.03. The van der Waals surface area contributed by atoms with Crippen LogP contribution in [0.3, 0.4) is 0 Å². The van der Waals surface area contributed by atoms with Crippen LogP contribution in [0.5, 0.6) is 11.5 Å². The van der Waals surface area contributed by atoms with Crippen LogP contribution in [-0.4, -0.2) is 13.2 Å². The molecule has 0 aliphatic rings. The number of ether oxygens (including phenoxy) is 2. The number of benzene rings is 3. The fourth-order valence-corrected chi connectivity index (χ4v) is 3.84. The molecule has 0 spiro atoms. The van der Waals surface area contributed by atoms with Gasteiger partial charge < -0.3 is 14.8 Å². The Morgan fingerprint density at radius 2 is 1.73 bits per heavy atom. The standard InChI is InChI=1S/C24H24BrClFNO2/c1-2-29-23-14-17(15-28-12-11-18-7-4-6-10-22(18)27)13-20(25)24(23)30-16-19-8-3-5-9-21(19)26/h3-10,13-14,28H,2,11-12,15-16H2,1H3. The van der Waals surface area contributed by atoms with Gasteiger partial charge in [0.1, 0.15) is 12.4 Å². The Labute approximate surface area is 190 Å². The summed E-state index contributed by atoms with van der Waals surface area (Å²) < 4.78 is 26.4. The van der Waals surface area contributed by atoms with E-state index in [0.29, 0.717) is 54.8 Å². The van der Waals surface area contributed by atoms with Gasteiger partial charge in [-0.05, 0) is 71.2 Å². The zero-order chi connectivity index (χ0) is 21.3. The average molecular weight is 493 g/mol. The van der Waals surface area contributed by atoms with Gasteiger partial charge in [0.2, 0.25) is 0 Å². The molecule has 158 valence electrons. The zero-order valence-electron chi connectivity index (χ0n) is 16.8. The number of hydrogen-bond acceptors (Lipinski definition) is 3.